The maximum absolute atomic E-state index is 11.5. The van der Waals surface area contributed by atoms with E-state index in [9.17, 15) is 4.79 Å². The smallest absolute Gasteiger partial charge is 0.407 e. The average molecular weight is 306 g/mol. The van der Waals surface area contributed by atoms with E-state index < -0.39 is 5.60 Å². The standard InChI is InChI=1S/C18H30N2O2/c1-5-10-16(15-11-7-6-8-12-15)19-13-9-14-20-17(21)22-18(2,3)4/h6-8,11-12,16,19H,5,9-10,13-14H2,1-4H3,(H,20,21). The lowest BCUT2D eigenvalue weighted by Gasteiger charge is -2.20. The highest BCUT2D eigenvalue weighted by atomic mass is 16.6. The molecule has 0 saturated carbocycles. The highest BCUT2D eigenvalue weighted by Gasteiger charge is 2.15. The fraction of sp³-hybridized carbons (Fsp3) is 0.611. The predicted octanol–water partition coefficient (Wildman–Crippen LogP) is 4.03. The second-order valence-corrected chi connectivity index (χ2v) is 6.49. The highest BCUT2D eigenvalue weighted by Crippen LogP contribution is 2.17. The van der Waals surface area contributed by atoms with E-state index in [0.29, 0.717) is 12.6 Å². The van der Waals surface area contributed by atoms with Crippen LogP contribution >= 0.6 is 0 Å². The Morgan fingerprint density at radius 1 is 1.18 bits per heavy atom. The molecule has 1 unspecified atom stereocenters. The Morgan fingerprint density at radius 2 is 1.86 bits per heavy atom. The number of rotatable bonds is 8. The van der Waals surface area contributed by atoms with Crippen LogP contribution in [0.25, 0.3) is 0 Å². The van der Waals surface area contributed by atoms with E-state index in [2.05, 4.69) is 41.8 Å². The summed E-state index contributed by atoms with van der Waals surface area (Å²) in [5.74, 6) is 0. The summed E-state index contributed by atoms with van der Waals surface area (Å²) in [4.78, 5) is 11.5. The fourth-order valence-corrected chi connectivity index (χ4v) is 2.23. The van der Waals surface area contributed by atoms with Crippen molar-refractivity contribution in [3.63, 3.8) is 0 Å². The molecule has 2 N–H and O–H groups in total. The average Bonchev–Trinajstić information content (AvgIpc) is 2.45. The van der Waals surface area contributed by atoms with E-state index in [1.165, 1.54) is 5.56 Å². The molecule has 0 aliphatic rings. The van der Waals surface area contributed by atoms with Gasteiger partial charge in [0.25, 0.3) is 0 Å². The van der Waals surface area contributed by atoms with E-state index in [0.717, 1.165) is 25.8 Å². The number of benzene rings is 1. The maximum Gasteiger partial charge on any atom is 0.407 e. The van der Waals surface area contributed by atoms with Crippen molar-refractivity contribution >= 4 is 6.09 Å². The van der Waals surface area contributed by atoms with Gasteiger partial charge in [-0.25, -0.2) is 4.79 Å². The molecule has 1 amide bonds. The molecule has 1 aromatic carbocycles. The number of nitrogens with one attached hydrogen (secondary N) is 2. The van der Waals surface area contributed by atoms with Crippen LogP contribution in [0, 0.1) is 0 Å². The van der Waals surface area contributed by atoms with Gasteiger partial charge in [0, 0.05) is 12.6 Å². The monoisotopic (exact) mass is 306 g/mol. The Kier molecular flexibility index (Phi) is 7.96. The van der Waals surface area contributed by atoms with E-state index >= 15 is 0 Å². The zero-order valence-electron chi connectivity index (χ0n) is 14.3. The molecule has 124 valence electrons. The summed E-state index contributed by atoms with van der Waals surface area (Å²) in [6, 6.07) is 10.9. The summed E-state index contributed by atoms with van der Waals surface area (Å²) in [7, 11) is 0. The molecule has 4 nitrogen and oxygen atoms in total. The molecule has 22 heavy (non-hydrogen) atoms. The van der Waals surface area contributed by atoms with Crippen molar-refractivity contribution in [2.45, 2.75) is 58.6 Å². The van der Waals surface area contributed by atoms with Gasteiger partial charge in [-0.15, -0.1) is 0 Å². The molecule has 0 heterocycles. The first-order chi connectivity index (χ1) is 10.4. The van der Waals surface area contributed by atoms with E-state index in [1.807, 2.05) is 26.8 Å². The van der Waals surface area contributed by atoms with Gasteiger partial charge >= 0.3 is 6.09 Å². The number of hydrogen-bond acceptors (Lipinski definition) is 3. The van der Waals surface area contributed by atoms with Crippen LogP contribution in [0.15, 0.2) is 30.3 Å². The summed E-state index contributed by atoms with van der Waals surface area (Å²) in [6.07, 6.45) is 2.79. The zero-order valence-corrected chi connectivity index (χ0v) is 14.3. The lowest BCUT2D eigenvalue weighted by molar-refractivity contribution is 0.0527. The number of carbonyl (C=O) groups is 1. The highest BCUT2D eigenvalue weighted by molar-refractivity contribution is 5.67. The quantitative estimate of drug-likeness (QED) is 0.713. The van der Waals surface area contributed by atoms with Gasteiger partial charge in [0.2, 0.25) is 0 Å². The van der Waals surface area contributed by atoms with Crippen LogP contribution in [0.4, 0.5) is 4.79 Å². The lowest BCUT2D eigenvalue weighted by atomic mass is 10.0. The Labute approximate surface area is 134 Å². The van der Waals surface area contributed by atoms with Gasteiger partial charge in [-0.05, 0) is 45.7 Å². The van der Waals surface area contributed by atoms with Crippen molar-refractivity contribution in [1.82, 2.24) is 10.6 Å². The summed E-state index contributed by atoms with van der Waals surface area (Å²) in [5, 5.41) is 6.35. The van der Waals surface area contributed by atoms with Crippen molar-refractivity contribution in [3.8, 4) is 0 Å². The summed E-state index contributed by atoms with van der Waals surface area (Å²) in [5.41, 5.74) is 0.881. The van der Waals surface area contributed by atoms with Gasteiger partial charge in [-0.3, -0.25) is 0 Å². The van der Waals surface area contributed by atoms with Crippen LogP contribution < -0.4 is 10.6 Å². The molecule has 0 spiro atoms. The van der Waals surface area contributed by atoms with Gasteiger partial charge in [-0.2, -0.15) is 0 Å². The minimum atomic E-state index is -0.443. The van der Waals surface area contributed by atoms with E-state index in [-0.39, 0.29) is 6.09 Å². The summed E-state index contributed by atoms with van der Waals surface area (Å²) >= 11 is 0. The predicted molar refractivity (Wildman–Crippen MR) is 90.9 cm³/mol. The molecule has 0 aliphatic heterocycles. The van der Waals surface area contributed by atoms with Gasteiger partial charge < -0.3 is 15.4 Å². The first-order valence-corrected chi connectivity index (χ1v) is 8.17. The first-order valence-electron chi connectivity index (χ1n) is 8.17. The molecule has 0 radical (unpaired) electrons. The molecular formula is C18H30N2O2. The molecule has 0 aliphatic carbocycles. The van der Waals surface area contributed by atoms with Gasteiger partial charge in [0.15, 0.2) is 0 Å². The van der Waals surface area contributed by atoms with Crippen LogP contribution in [0.3, 0.4) is 0 Å². The number of carbonyl (C=O) groups excluding carboxylic acids is 1. The normalized spacial score (nSPS) is 12.7. The minimum absolute atomic E-state index is 0.347. The molecule has 1 atom stereocenters. The second-order valence-electron chi connectivity index (χ2n) is 6.49. The Morgan fingerprint density at radius 3 is 2.45 bits per heavy atom. The molecular weight excluding hydrogens is 276 g/mol. The van der Waals surface area contributed by atoms with Crippen LogP contribution in [0.2, 0.25) is 0 Å². The third-order valence-corrected chi connectivity index (χ3v) is 3.19. The van der Waals surface area contributed by atoms with Gasteiger partial charge in [0.05, 0.1) is 0 Å². The van der Waals surface area contributed by atoms with Crippen LogP contribution in [0.5, 0.6) is 0 Å². The van der Waals surface area contributed by atoms with Gasteiger partial charge in [0.1, 0.15) is 5.60 Å². The van der Waals surface area contributed by atoms with Crippen molar-refractivity contribution < 1.29 is 9.53 Å². The van der Waals surface area contributed by atoms with Crippen LogP contribution in [0.1, 0.15) is 58.6 Å². The third-order valence-electron chi connectivity index (χ3n) is 3.19. The summed E-state index contributed by atoms with van der Waals surface area (Å²) in [6.45, 7) is 9.28. The van der Waals surface area contributed by atoms with Crippen molar-refractivity contribution in [2.75, 3.05) is 13.1 Å². The molecule has 1 aromatic rings. The SMILES string of the molecule is CCCC(NCCCNC(=O)OC(C)(C)C)c1ccccc1. The van der Waals surface area contributed by atoms with Crippen molar-refractivity contribution in [1.29, 1.82) is 0 Å². The number of amides is 1. The second kappa shape index (κ2) is 9.46. The molecule has 0 fully saturated rings. The zero-order chi connectivity index (χ0) is 16.4. The van der Waals surface area contributed by atoms with Crippen LogP contribution in [-0.4, -0.2) is 24.8 Å². The topological polar surface area (TPSA) is 50.4 Å². The molecule has 4 heteroatoms. The first kappa shape index (κ1) is 18.5. The lowest BCUT2D eigenvalue weighted by Crippen LogP contribution is -2.34. The summed E-state index contributed by atoms with van der Waals surface area (Å²) < 4.78 is 5.20. The largest absolute Gasteiger partial charge is 0.444 e. The molecule has 0 saturated heterocycles. The molecule has 0 bridgehead atoms. The maximum atomic E-state index is 11.5. The molecule has 1 rings (SSSR count). The van der Waals surface area contributed by atoms with Crippen molar-refractivity contribution in [2.24, 2.45) is 0 Å². The minimum Gasteiger partial charge on any atom is -0.444 e. The third kappa shape index (κ3) is 8.03. The van der Waals surface area contributed by atoms with Crippen LogP contribution in [-0.2, 0) is 4.74 Å². The van der Waals surface area contributed by atoms with Gasteiger partial charge in [-0.1, -0.05) is 43.7 Å². The molecule has 0 aromatic heterocycles. The number of hydrogen-bond donors (Lipinski definition) is 2. The van der Waals surface area contributed by atoms with E-state index in [1.54, 1.807) is 0 Å². The Hall–Kier alpha value is -1.55. The van der Waals surface area contributed by atoms with E-state index in [4.69, 9.17) is 4.74 Å². The Bertz CT molecular complexity index is 426. The number of ether oxygens (including phenoxy) is 1. The number of alkyl carbamates (subject to hydrolysis) is 1. The Balaban J connectivity index is 2.25. The van der Waals surface area contributed by atoms with Crippen molar-refractivity contribution in [3.05, 3.63) is 35.9 Å². The fourth-order valence-electron chi connectivity index (χ4n) is 2.23.